The predicted molar refractivity (Wildman–Crippen MR) is 153 cm³/mol. The predicted octanol–water partition coefficient (Wildman–Crippen LogP) is 2.38. The van der Waals surface area contributed by atoms with E-state index in [1.165, 1.54) is 35.4 Å². The van der Waals surface area contributed by atoms with Crippen LogP contribution in [0.5, 0.6) is 0 Å². The van der Waals surface area contributed by atoms with E-state index in [0.717, 1.165) is 6.07 Å². The fraction of sp³-hybridized carbons (Fsp3) is 0.320. The minimum absolute atomic E-state index is 0.0443. The van der Waals surface area contributed by atoms with Gasteiger partial charge in [0, 0.05) is 56.9 Å². The molecule has 2 amide bonds. The second-order valence-corrected chi connectivity index (χ2v) is 13.0. The molecule has 5 N–H and O–H groups in total. The highest BCUT2D eigenvalue weighted by Crippen LogP contribution is 2.26. The van der Waals surface area contributed by atoms with Crippen LogP contribution in [0.4, 0.5) is 32.3 Å². The fourth-order valence-electron chi connectivity index (χ4n) is 3.87. The highest BCUT2D eigenvalue weighted by atomic mass is 32.2. The molecule has 2 heterocycles. The molecular weight excluding hydrogens is 575 g/mol. The molecule has 220 valence electrons. The number of nitrogens with one attached hydrogen (secondary N) is 5. The first kappa shape index (κ1) is 30.1. The maximum atomic E-state index is 14.2. The van der Waals surface area contributed by atoms with Crippen LogP contribution in [-0.2, 0) is 26.5 Å². The van der Waals surface area contributed by atoms with Crippen LogP contribution in [0.3, 0.4) is 0 Å². The lowest BCUT2D eigenvalue weighted by Gasteiger charge is -2.15. The summed E-state index contributed by atoms with van der Waals surface area (Å²) < 4.78 is 70.3. The number of sulfonamides is 2. The fourth-order valence-corrected chi connectivity index (χ4v) is 6.20. The maximum Gasteiger partial charge on any atom is 0.321 e. The summed E-state index contributed by atoms with van der Waals surface area (Å²) in [6.07, 6.45) is 2.12. The minimum Gasteiger partial charge on any atom is -0.370 e. The zero-order chi connectivity index (χ0) is 29.8. The van der Waals surface area contributed by atoms with Gasteiger partial charge >= 0.3 is 6.03 Å². The summed E-state index contributed by atoms with van der Waals surface area (Å²) in [5.74, 6) is -0.279. The third kappa shape index (κ3) is 7.66. The zero-order valence-corrected chi connectivity index (χ0v) is 24.3. The summed E-state index contributed by atoms with van der Waals surface area (Å²) in [5.41, 5.74) is 1.76. The van der Waals surface area contributed by atoms with Crippen molar-refractivity contribution in [2.75, 3.05) is 49.7 Å². The van der Waals surface area contributed by atoms with Gasteiger partial charge in [-0.25, -0.2) is 40.4 Å². The van der Waals surface area contributed by atoms with Gasteiger partial charge in [0.1, 0.15) is 16.5 Å². The third-order valence-electron chi connectivity index (χ3n) is 6.00. The Morgan fingerprint density at radius 1 is 1.15 bits per heavy atom. The number of carbonyl (C=O) groups is 1. The summed E-state index contributed by atoms with van der Waals surface area (Å²) in [6.45, 7) is 2.11. The van der Waals surface area contributed by atoms with Gasteiger partial charge in [0.15, 0.2) is 0 Å². The van der Waals surface area contributed by atoms with Crippen LogP contribution in [-0.4, -0.2) is 71.5 Å². The number of carbonyl (C=O) groups excluding carboxylic acids is 1. The number of halogens is 1. The molecule has 0 unspecified atom stereocenters. The Hall–Kier alpha value is -3.86. The van der Waals surface area contributed by atoms with Gasteiger partial charge in [-0.2, -0.15) is 4.98 Å². The second kappa shape index (κ2) is 12.3. The van der Waals surface area contributed by atoms with Gasteiger partial charge in [-0.3, -0.25) is 0 Å². The number of benzene rings is 2. The standard InChI is InChI=1S/C25H31FN8O5S2/c1-16-5-6-21(26)22(11-16)41(38,39)30-10-7-17-15-28-24-31-18-12-19(32-25(35)34(2)3)14-20(13-18)40(36,37)29-9-4-8-27-23(17)33-24/h5-6,11-15,29-30H,4,7-10H2,1-3H3,(H,32,35)(H2,27,28,31,33). The molecule has 2 aromatic carbocycles. The van der Waals surface area contributed by atoms with E-state index in [1.54, 1.807) is 27.1 Å². The van der Waals surface area contributed by atoms with Crippen molar-refractivity contribution >= 4 is 49.2 Å². The van der Waals surface area contributed by atoms with E-state index in [1.807, 2.05) is 0 Å². The van der Waals surface area contributed by atoms with Gasteiger partial charge in [0.05, 0.1) is 4.90 Å². The van der Waals surface area contributed by atoms with Crippen LogP contribution in [0, 0.1) is 12.7 Å². The zero-order valence-electron chi connectivity index (χ0n) is 22.7. The van der Waals surface area contributed by atoms with Crippen LogP contribution in [0.2, 0.25) is 0 Å². The second-order valence-electron chi connectivity index (χ2n) is 9.52. The van der Waals surface area contributed by atoms with E-state index in [9.17, 15) is 26.0 Å². The van der Waals surface area contributed by atoms with Crippen molar-refractivity contribution in [2.24, 2.45) is 0 Å². The number of fused-ring (bicyclic) bond motifs is 4. The topological polar surface area (TPSA) is 175 Å². The number of urea groups is 1. The van der Waals surface area contributed by atoms with Gasteiger partial charge < -0.3 is 20.9 Å². The Morgan fingerprint density at radius 2 is 1.93 bits per heavy atom. The van der Waals surface area contributed by atoms with Crippen molar-refractivity contribution in [3.63, 3.8) is 0 Å². The average molecular weight is 607 g/mol. The quantitative estimate of drug-likeness (QED) is 0.282. The number of hydrogen-bond acceptors (Lipinski definition) is 9. The average Bonchev–Trinajstić information content (AvgIpc) is 2.90. The lowest BCUT2D eigenvalue weighted by Crippen LogP contribution is -2.28. The van der Waals surface area contributed by atoms with E-state index in [2.05, 4.69) is 35.4 Å². The largest absolute Gasteiger partial charge is 0.370 e. The van der Waals surface area contributed by atoms with Gasteiger partial charge in [-0.1, -0.05) is 6.07 Å². The summed E-state index contributed by atoms with van der Waals surface area (Å²) in [7, 11) is -4.87. The van der Waals surface area contributed by atoms with E-state index >= 15 is 0 Å². The molecular formula is C25H31FN8O5S2. The van der Waals surface area contributed by atoms with Crippen molar-refractivity contribution in [1.29, 1.82) is 0 Å². The molecule has 0 atom stereocenters. The summed E-state index contributed by atoms with van der Waals surface area (Å²) in [5, 5.41) is 8.76. The Kier molecular flexibility index (Phi) is 9.06. The molecule has 1 aromatic heterocycles. The molecule has 4 bridgehead atoms. The van der Waals surface area contributed by atoms with Crippen LogP contribution < -0.4 is 25.4 Å². The van der Waals surface area contributed by atoms with Crippen LogP contribution in [0.15, 0.2) is 52.4 Å². The summed E-state index contributed by atoms with van der Waals surface area (Å²) in [6, 6.07) is 7.72. The molecule has 0 aliphatic carbocycles. The van der Waals surface area contributed by atoms with Gasteiger partial charge in [-0.15, -0.1) is 0 Å². The molecule has 0 fully saturated rings. The number of rotatable bonds is 6. The smallest absolute Gasteiger partial charge is 0.321 e. The van der Waals surface area contributed by atoms with Crippen LogP contribution in [0.1, 0.15) is 17.5 Å². The third-order valence-corrected chi connectivity index (χ3v) is 8.91. The molecule has 0 radical (unpaired) electrons. The van der Waals surface area contributed by atoms with Crippen molar-refractivity contribution < 1.29 is 26.0 Å². The van der Waals surface area contributed by atoms with Gasteiger partial charge in [0.25, 0.3) is 0 Å². The number of aryl methyl sites for hydroxylation is 1. The molecule has 16 heteroatoms. The number of nitrogens with zero attached hydrogens (tertiary/aromatic N) is 3. The van der Waals surface area contributed by atoms with E-state index in [-0.39, 0.29) is 36.0 Å². The van der Waals surface area contributed by atoms with Crippen molar-refractivity contribution in [2.45, 2.75) is 29.6 Å². The number of anilines is 4. The lowest BCUT2D eigenvalue weighted by atomic mass is 10.2. The molecule has 1 aliphatic rings. The van der Waals surface area contributed by atoms with E-state index in [4.69, 9.17) is 0 Å². The molecule has 41 heavy (non-hydrogen) atoms. The maximum absolute atomic E-state index is 14.2. The molecule has 0 spiro atoms. The highest BCUT2D eigenvalue weighted by Gasteiger charge is 2.21. The van der Waals surface area contributed by atoms with Crippen molar-refractivity contribution in [3.05, 3.63) is 59.5 Å². The van der Waals surface area contributed by atoms with Gasteiger partial charge in [0.2, 0.25) is 26.0 Å². The SMILES string of the molecule is Cc1ccc(F)c(S(=O)(=O)NCCc2cnc3nc2NCCCNS(=O)(=O)c2cc(NC(=O)N(C)C)cc(c2)N3)c1. The molecule has 13 nitrogen and oxygen atoms in total. The number of amides is 2. The molecule has 4 rings (SSSR count). The van der Waals surface area contributed by atoms with Crippen LogP contribution >= 0.6 is 0 Å². The van der Waals surface area contributed by atoms with Gasteiger partial charge in [-0.05, 0) is 55.7 Å². The Bertz CT molecular complexity index is 1670. The molecule has 0 saturated carbocycles. The molecule has 0 saturated heterocycles. The lowest BCUT2D eigenvalue weighted by molar-refractivity contribution is 0.230. The normalized spacial score (nSPS) is 14.8. The van der Waals surface area contributed by atoms with E-state index in [0.29, 0.717) is 35.6 Å². The Morgan fingerprint density at radius 3 is 2.68 bits per heavy atom. The summed E-state index contributed by atoms with van der Waals surface area (Å²) in [4.78, 5) is 21.8. The first-order valence-electron chi connectivity index (χ1n) is 12.6. The van der Waals surface area contributed by atoms with E-state index < -0.39 is 36.8 Å². The number of aromatic nitrogens is 2. The number of hydrogen-bond donors (Lipinski definition) is 5. The van der Waals surface area contributed by atoms with Crippen LogP contribution in [0.25, 0.3) is 0 Å². The Labute approximate surface area is 238 Å². The van der Waals surface area contributed by atoms with Crippen molar-refractivity contribution in [3.8, 4) is 0 Å². The first-order valence-corrected chi connectivity index (χ1v) is 15.6. The van der Waals surface area contributed by atoms with Crippen molar-refractivity contribution in [1.82, 2.24) is 24.3 Å². The molecule has 1 aliphatic heterocycles. The molecule has 3 aromatic rings. The first-order chi connectivity index (χ1) is 19.3. The summed E-state index contributed by atoms with van der Waals surface area (Å²) >= 11 is 0. The monoisotopic (exact) mass is 606 g/mol. The highest BCUT2D eigenvalue weighted by molar-refractivity contribution is 7.89. The Balaban J connectivity index is 1.58. The minimum atomic E-state index is -4.09.